The zero-order chi connectivity index (χ0) is 13.3. The van der Waals surface area contributed by atoms with Crippen molar-refractivity contribution in [1.82, 2.24) is 9.97 Å². The van der Waals surface area contributed by atoms with E-state index in [1.54, 1.807) is 7.11 Å². The highest BCUT2D eigenvalue weighted by Crippen LogP contribution is 2.47. The van der Waals surface area contributed by atoms with Crippen LogP contribution in [-0.2, 0) is 0 Å². The standard InChI is InChI=1S/C14H22N4O/c1-19-13-11(15)12(16-10-17-13)18-8-6-14(7-9-18)4-2-3-5-14/h10H,2-9,15H2,1H3. The molecular weight excluding hydrogens is 240 g/mol. The maximum atomic E-state index is 6.08. The van der Waals surface area contributed by atoms with Gasteiger partial charge in [0.15, 0.2) is 5.82 Å². The molecule has 0 aromatic carbocycles. The molecule has 104 valence electrons. The summed E-state index contributed by atoms with van der Waals surface area (Å²) in [7, 11) is 1.59. The lowest BCUT2D eigenvalue weighted by atomic mass is 9.77. The molecule has 0 unspecified atom stereocenters. The van der Waals surface area contributed by atoms with E-state index >= 15 is 0 Å². The lowest BCUT2D eigenvalue weighted by Gasteiger charge is -2.40. The molecule has 1 aliphatic carbocycles. The summed E-state index contributed by atoms with van der Waals surface area (Å²) in [4.78, 5) is 10.7. The minimum atomic E-state index is 0.478. The van der Waals surface area contributed by atoms with Gasteiger partial charge in [-0.15, -0.1) is 0 Å². The summed E-state index contributed by atoms with van der Waals surface area (Å²) in [6.07, 6.45) is 9.68. The first-order valence-electron chi connectivity index (χ1n) is 7.13. The number of nitrogens with two attached hydrogens (primary N) is 1. The van der Waals surface area contributed by atoms with Gasteiger partial charge in [-0.25, -0.2) is 4.98 Å². The summed E-state index contributed by atoms with van der Waals surface area (Å²) in [5, 5.41) is 0. The second kappa shape index (κ2) is 4.87. The molecule has 2 heterocycles. The van der Waals surface area contributed by atoms with Crippen LogP contribution in [0, 0.1) is 5.41 Å². The van der Waals surface area contributed by atoms with Crippen molar-refractivity contribution in [3.63, 3.8) is 0 Å². The van der Waals surface area contributed by atoms with E-state index in [0.29, 0.717) is 17.0 Å². The van der Waals surface area contributed by atoms with Gasteiger partial charge < -0.3 is 15.4 Å². The number of nitrogen functional groups attached to an aromatic ring is 1. The van der Waals surface area contributed by atoms with Crippen molar-refractivity contribution in [2.24, 2.45) is 5.41 Å². The molecule has 1 spiro atoms. The minimum Gasteiger partial charge on any atom is -0.479 e. The third-order valence-electron chi connectivity index (χ3n) is 4.81. The fraction of sp³-hybridized carbons (Fsp3) is 0.714. The van der Waals surface area contributed by atoms with Crippen LogP contribution in [0.4, 0.5) is 11.5 Å². The molecule has 5 nitrogen and oxygen atoms in total. The first-order chi connectivity index (χ1) is 9.24. The maximum Gasteiger partial charge on any atom is 0.242 e. The molecule has 2 fully saturated rings. The van der Waals surface area contributed by atoms with Crippen molar-refractivity contribution in [3.8, 4) is 5.88 Å². The van der Waals surface area contributed by atoms with E-state index in [2.05, 4.69) is 14.9 Å². The summed E-state index contributed by atoms with van der Waals surface area (Å²) in [6, 6.07) is 0. The van der Waals surface area contributed by atoms with Crippen LogP contribution < -0.4 is 15.4 Å². The largest absolute Gasteiger partial charge is 0.479 e. The monoisotopic (exact) mass is 262 g/mol. The van der Waals surface area contributed by atoms with Gasteiger partial charge in [-0.05, 0) is 31.1 Å². The van der Waals surface area contributed by atoms with E-state index in [1.165, 1.54) is 44.9 Å². The number of piperidine rings is 1. The van der Waals surface area contributed by atoms with E-state index in [9.17, 15) is 0 Å². The Morgan fingerprint density at radius 3 is 2.47 bits per heavy atom. The Morgan fingerprint density at radius 2 is 1.84 bits per heavy atom. The molecule has 0 atom stereocenters. The Labute approximate surface area is 114 Å². The highest BCUT2D eigenvalue weighted by Gasteiger charge is 2.37. The van der Waals surface area contributed by atoms with Crippen LogP contribution in [0.1, 0.15) is 38.5 Å². The Morgan fingerprint density at radius 1 is 1.16 bits per heavy atom. The van der Waals surface area contributed by atoms with Crippen LogP contribution in [-0.4, -0.2) is 30.2 Å². The number of methoxy groups -OCH3 is 1. The average molecular weight is 262 g/mol. The molecular formula is C14H22N4O. The summed E-state index contributed by atoms with van der Waals surface area (Å²) in [5.41, 5.74) is 7.25. The second-order valence-electron chi connectivity index (χ2n) is 5.81. The van der Waals surface area contributed by atoms with E-state index < -0.39 is 0 Å². The SMILES string of the molecule is COc1ncnc(N2CCC3(CCCC3)CC2)c1N. The van der Waals surface area contributed by atoms with Gasteiger partial charge in [-0.1, -0.05) is 12.8 Å². The molecule has 19 heavy (non-hydrogen) atoms. The lowest BCUT2D eigenvalue weighted by molar-refractivity contribution is 0.226. The van der Waals surface area contributed by atoms with Crippen molar-refractivity contribution in [3.05, 3.63) is 6.33 Å². The fourth-order valence-corrected chi connectivity index (χ4v) is 3.60. The zero-order valence-corrected chi connectivity index (χ0v) is 11.6. The van der Waals surface area contributed by atoms with Gasteiger partial charge in [0.25, 0.3) is 0 Å². The van der Waals surface area contributed by atoms with E-state index in [0.717, 1.165) is 18.9 Å². The molecule has 0 bridgehead atoms. The van der Waals surface area contributed by atoms with E-state index in [1.807, 2.05) is 0 Å². The van der Waals surface area contributed by atoms with Crippen molar-refractivity contribution in [2.75, 3.05) is 30.8 Å². The van der Waals surface area contributed by atoms with Gasteiger partial charge in [0.05, 0.1) is 7.11 Å². The molecule has 1 aromatic heterocycles. The Balaban J connectivity index is 1.74. The quantitative estimate of drug-likeness (QED) is 0.885. The van der Waals surface area contributed by atoms with Crippen LogP contribution >= 0.6 is 0 Å². The molecule has 1 saturated heterocycles. The van der Waals surface area contributed by atoms with E-state index in [4.69, 9.17) is 10.5 Å². The smallest absolute Gasteiger partial charge is 0.242 e. The molecule has 5 heteroatoms. The van der Waals surface area contributed by atoms with Crippen molar-refractivity contribution in [2.45, 2.75) is 38.5 Å². The maximum absolute atomic E-state index is 6.08. The van der Waals surface area contributed by atoms with Crippen LogP contribution in [0.15, 0.2) is 6.33 Å². The van der Waals surface area contributed by atoms with E-state index in [-0.39, 0.29) is 0 Å². The second-order valence-corrected chi connectivity index (χ2v) is 5.81. The Bertz CT molecular complexity index is 447. The molecule has 0 radical (unpaired) electrons. The predicted molar refractivity (Wildman–Crippen MR) is 75.3 cm³/mol. The number of hydrogen-bond donors (Lipinski definition) is 1. The summed E-state index contributed by atoms with van der Waals surface area (Å²) in [6.45, 7) is 2.09. The van der Waals surface area contributed by atoms with Crippen molar-refractivity contribution >= 4 is 11.5 Å². The molecule has 2 N–H and O–H groups in total. The summed E-state index contributed by atoms with van der Waals surface area (Å²) < 4.78 is 5.17. The first kappa shape index (κ1) is 12.5. The summed E-state index contributed by atoms with van der Waals surface area (Å²) in [5.74, 6) is 1.31. The predicted octanol–water partition coefficient (Wildman–Crippen LogP) is 2.23. The highest BCUT2D eigenvalue weighted by atomic mass is 16.5. The molecule has 1 saturated carbocycles. The van der Waals surface area contributed by atoms with Crippen LogP contribution in [0.2, 0.25) is 0 Å². The van der Waals surface area contributed by atoms with Crippen molar-refractivity contribution in [1.29, 1.82) is 0 Å². The van der Waals surface area contributed by atoms with Gasteiger partial charge in [-0.3, -0.25) is 0 Å². The Kier molecular flexibility index (Phi) is 3.21. The third kappa shape index (κ3) is 2.22. The fourth-order valence-electron chi connectivity index (χ4n) is 3.60. The number of anilines is 2. The normalized spacial score (nSPS) is 21.8. The van der Waals surface area contributed by atoms with Crippen LogP contribution in [0.25, 0.3) is 0 Å². The molecule has 0 amide bonds. The number of nitrogens with zero attached hydrogens (tertiary/aromatic N) is 3. The third-order valence-corrected chi connectivity index (χ3v) is 4.81. The van der Waals surface area contributed by atoms with Gasteiger partial charge in [0, 0.05) is 13.1 Å². The highest BCUT2D eigenvalue weighted by molar-refractivity contribution is 5.67. The number of rotatable bonds is 2. The number of aromatic nitrogens is 2. The minimum absolute atomic E-state index is 0.478. The first-order valence-corrected chi connectivity index (χ1v) is 7.13. The number of ether oxygens (including phenoxy) is 1. The van der Waals surface area contributed by atoms with Crippen LogP contribution in [0.5, 0.6) is 5.88 Å². The Hall–Kier alpha value is -1.52. The van der Waals surface area contributed by atoms with Gasteiger partial charge in [-0.2, -0.15) is 4.98 Å². The van der Waals surface area contributed by atoms with Gasteiger partial charge in [0.1, 0.15) is 12.0 Å². The number of hydrogen-bond acceptors (Lipinski definition) is 5. The topological polar surface area (TPSA) is 64.3 Å². The van der Waals surface area contributed by atoms with Crippen LogP contribution in [0.3, 0.4) is 0 Å². The molecule has 1 aliphatic heterocycles. The average Bonchev–Trinajstić information content (AvgIpc) is 2.89. The lowest BCUT2D eigenvalue weighted by Crippen LogP contribution is -2.39. The zero-order valence-electron chi connectivity index (χ0n) is 11.6. The molecule has 3 rings (SSSR count). The van der Waals surface area contributed by atoms with Gasteiger partial charge >= 0.3 is 0 Å². The molecule has 1 aromatic rings. The molecule has 2 aliphatic rings. The van der Waals surface area contributed by atoms with Gasteiger partial charge in [0.2, 0.25) is 5.88 Å². The van der Waals surface area contributed by atoms with Crippen molar-refractivity contribution < 1.29 is 4.74 Å². The summed E-state index contributed by atoms with van der Waals surface area (Å²) >= 11 is 0.